The van der Waals surface area contributed by atoms with Crippen LogP contribution in [0.1, 0.15) is 65.5 Å². The van der Waals surface area contributed by atoms with E-state index < -0.39 is 5.69 Å². The SMILES string of the molecule is CCC(C)(C)c1ccccc1OP(=S)(S)Oc1ccccc1C(C)(C)CC. The number of hydrogen-bond donors (Lipinski definition) is 1. The molecular formula is C22H31O2PS2. The summed E-state index contributed by atoms with van der Waals surface area (Å²) in [6.45, 7) is 13.2. The van der Waals surface area contributed by atoms with Gasteiger partial charge in [0.25, 0.3) is 0 Å². The molecule has 0 amide bonds. The normalized spacial score (nSPS) is 12.7. The van der Waals surface area contributed by atoms with Crippen LogP contribution in [0, 0.1) is 0 Å². The van der Waals surface area contributed by atoms with Crippen molar-refractivity contribution in [2.24, 2.45) is 0 Å². The zero-order valence-corrected chi connectivity index (χ0v) is 19.8. The van der Waals surface area contributed by atoms with Gasteiger partial charge in [0.05, 0.1) is 0 Å². The van der Waals surface area contributed by atoms with Crippen LogP contribution in [0.5, 0.6) is 11.5 Å². The van der Waals surface area contributed by atoms with Gasteiger partial charge in [0.1, 0.15) is 11.5 Å². The highest BCUT2D eigenvalue weighted by molar-refractivity contribution is 8.60. The molecule has 0 aliphatic heterocycles. The molecule has 5 heteroatoms. The Morgan fingerprint density at radius 1 is 0.778 bits per heavy atom. The van der Waals surface area contributed by atoms with Crippen LogP contribution >= 0.6 is 17.9 Å². The molecule has 0 unspecified atom stereocenters. The Balaban J connectivity index is 2.35. The topological polar surface area (TPSA) is 18.5 Å². The maximum absolute atomic E-state index is 6.19. The molecule has 0 atom stereocenters. The van der Waals surface area contributed by atoms with Gasteiger partial charge in [-0.05, 0) is 47.6 Å². The minimum Gasteiger partial charge on any atom is -0.428 e. The Kier molecular flexibility index (Phi) is 7.11. The lowest BCUT2D eigenvalue weighted by Crippen LogP contribution is -2.17. The van der Waals surface area contributed by atoms with E-state index in [1.165, 1.54) is 0 Å². The second-order valence-electron chi connectivity index (χ2n) is 8.12. The van der Waals surface area contributed by atoms with Gasteiger partial charge in [-0.1, -0.05) is 90.2 Å². The first kappa shape index (κ1) is 22.3. The van der Waals surface area contributed by atoms with Crippen LogP contribution in [-0.4, -0.2) is 0 Å². The first-order valence-electron chi connectivity index (χ1n) is 9.43. The van der Waals surface area contributed by atoms with Crippen molar-refractivity contribution in [3.8, 4) is 11.5 Å². The molecule has 0 saturated heterocycles. The summed E-state index contributed by atoms with van der Waals surface area (Å²) >= 11 is 10.3. The number of thiol groups is 1. The van der Waals surface area contributed by atoms with E-state index in [4.69, 9.17) is 20.9 Å². The minimum absolute atomic E-state index is 0.0121. The summed E-state index contributed by atoms with van der Waals surface area (Å²) in [5.41, 5.74) is -0.594. The van der Waals surface area contributed by atoms with Crippen molar-refractivity contribution < 1.29 is 9.05 Å². The molecule has 0 spiro atoms. The molecule has 2 nitrogen and oxygen atoms in total. The molecule has 2 rings (SSSR count). The molecule has 0 bridgehead atoms. The first-order chi connectivity index (χ1) is 12.5. The molecule has 2 aromatic carbocycles. The highest BCUT2D eigenvalue weighted by Gasteiger charge is 2.28. The number of hydrogen-bond acceptors (Lipinski definition) is 3. The van der Waals surface area contributed by atoms with Crippen molar-refractivity contribution in [1.82, 2.24) is 0 Å². The number of para-hydroxylation sites is 2. The van der Waals surface area contributed by atoms with Crippen LogP contribution in [0.25, 0.3) is 0 Å². The smallest absolute Gasteiger partial charge is 0.345 e. The predicted octanol–water partition coefficient (Wildman–Crippen LogP) is 7.67. The van der Waals surface area contributed by atoms with Gasteiger partial charge < -0.3 is 9.05 Å². The van der Waals surface area contributed by atoms with Crippen molar-refractivity contribution in [3.63, 3.8) is 0 Å². The zero-order chi connectivity index (χ0) is 20.3. The van der Waals surface area contributed by atoms with E-state index in [1.54, 1.807) is 0 Å². The van der Waals surface area contributed by atoms with E-state index in [9.17, 15) is 0 Å². The fourth-order valence-electron chi connectivity index (χ4n) is 2.86. The third-order valence-electron chi connectivity index (χ3n) is 5.43. The molecule has 0 aliphatic carbocycles. The van der Waals surface area contributed by atoms with Crippen molar-refractivity contribution in [2.45, 2.75) is 65.2 Å². The standard InChI is InChI=1S/C22H31O2PS2/c1-7-21(3,4)17-13-9-11-15-19(17)23-25(26,27)24-20-16-12-10-14-18(20)22(5,6)8-2/h9-16H,7-8H2,1-6H3,(H,26,27). The molecule has 0 aliphatic rings. The molecule has 0 aromatic heterocycles. The molecular weight excluding hydrogens is 391 g/mol. The average Bonchev–Trinajstić information content (AvgIpc) is 2.61. The Morgan fingerprint density at radius 2 is 1.11 bits per heavy atom. The Hall–Kier alpha value is -0.960. The van der Waals surface area contributed by atoms with E-state index >= 15 is 0 Å². The van der Waals surface area contributed by atoms with Crippen LogP contribution in [0.15, 0.2) is 48.5 Å². The molecule has 0 heterocycles. The summed E-state index contributed by atoms with van der Waals surface area (Å²) in [4.78, 5) is 0. The van der Waals surface area contributed by atoms with Gasteiger partial charge in [-0.15, -0.1) is 0 Å². The first-order valence-corrected chi connectivity index (χ1v) is 13.2. The fraction of sp³-hybridized carbons (Fsp3) is 0.455. The van der Waals surface area contributed by atoms with Gasteiger partial charge in [-0.2, -0.15) is 0 Å². The van der Waals surface area contributed by atoms with E-state index in [1.807, 2.05) is 36.4 Å². The van der Waals surface area contributed by atoms with Gasteiger partial charge in [-0.25, -0.2) is 0 Å². The monoisotopic (exact) mass is 422 g/mol. The maximum atomic E-state index is 6.19. The molecule has 27 heavy (non-hydrogen) atoms. The third kappa shape index (κ3) is 5.53. The third-order valence-corrected chi connectivity index (χ3v) is 7.22. The van der Waals surface area contributed by atoms with Crippen LogP contribution in [0.4, 0.5) is 0 Å². The summed E-state index contributed by atoms with van der Waals surface area (Å²) in [5, 5.41) is 0. The van der Waals surface area contributed by atoms with E-state index in [-0.39, 0.29) is 10.8 Å². The fourth-order valence-corrected chi connectivity index (χ4v) is 4.72. The van der Waals surface area contributed by atoms with Crippen molar-refractivity contribution >= 4 is 29.7 Å². The highest BCUT2D eigenvalue weighted by atomic mass is 32.9. The van der Waals surface area contributed by atoms with Crippen LogP contribution in [-0.2, 0) is 22.6 Å². The molecule has 0 saturated carbocycles. The Morgan fingerprint density at radius 3 is 1.44 bits per heavy atom. The summed E-state index contributed by atoms with van der Waals surface area (Å²) < 4.78 is 12.4. The lowest BCUT2D eigenvalue weighted by Gasteiger charge is -2.30. The van der Waals surface area contributed by atoms with Crippen molar-refractivity contribution in [3.05, 3.63) is 59.7 Å². The second kappa shape index (κ2) is 8.59. The van der Waals surface area contributed by atoms with Crippen LogP contribution < -0.4 is 9.05 Å². The van der Waals surface area contributed by atoms with E-state index in [2.05, 4.69) is 65.9 Å². The largest absolute Gasteiger partial charge is 0.428 e. The molecule has 0 radical (unpaired) electrons. The van der Waals surface area contributed by atoms with Gasteiger partial charge in [0, 0.05) is 11.1 Å². The lowest BCUT2D eigenvalue weighted by molar-refractivity contribution is 0.448. The molecule has 0 fully saturated rings. The van der Waals surface area contributed by atoms with E-state index in [0.29, 0.717) is 0 Å². The van der Waals surface area contributed by atoms with Crippen molar-refractivity contribution in [2.75, 3.05) is 0 Å². The second-order valence-corrected chi connectivity index (χ2v) is 13.3. The van der Waals surface area contributed by atoms with Crippen LogP contribution in [0.2, 0.25) is 0 Å². The van der Waals surface area contributed by atoms with Gasteiger partial charge in [0.15, 0.2) is 0 Å². The molecule has 148 valence electrons. The Labute approximate surface area is 175 Å². The summed E-state index contributed by atoms with van der Waals surface area (Å²) in [5.74, 6) is 1.52. The van der Waals surface area contributed by atoms with Crippen LogP contribution in [0.3, 0.4) is 0 Å². The maximum Gasteiger partial charge on any atom is 0.345 e. The number of rotatable bonds is 8. The average molecular weight is 423 g/mol. The molecule has 0 N–H and O–H groups in total. The summed E-state index contributed by atoms with van der Waals surface area (Å²) in [7, 11) is 0. The molecule has 2 aromatic rings. The Bertz CT molecular complexity index is 765. The lowest BCUT2D eigenvalue weighted by atomic mass is 9.82. The minimum atomic E-state index is -2.82. The van der Waals surface area contributed by atoms with Gasteiger partial charge in [-0.3, -0.25) is 0 Å². The van der Waals surface area contributed by atoms with Crippen molar-refractivity contribution in [1.29, 1.82) is 0 Å². The summed E-state index contributed by atoms with van der Waals surface area (Å²) in [6.07, 6.45) is 1.99. The zero-order valence-electron chi connectivity index (χ0n) is 17.2. The van der Waals surface area contributed by atoms with Gasteiger partial charge in [0.2, 0.25) is 0 Å². The predicted molar refractivity (Wildman–Crippen MR) is 124 cm³/mol. The van der Waals surface area contributed by atoms with E-state index in [0.717, 1.165) is 35.5 Å². The number of benzene rings is 2. The van der Waals surface area contributed by atoms with Gasteiger partial charge >= 0.3 is 5.69 Å². The highest BCUT2D eigenvalue weighted by Crippen LogP contribution is 2.55. The summed E-state index contributed by atoms with van der Waals surface area (Å²) in [6, 6.07) is 16.1. The quantitative estimate of drug-likeness (QED) is 0.348.